The normalized spacial score (nSPS) is 15.2. The van der Waals surface area contributed by atoms with Crippen molar-refractivity contribution in [3.8, 4) is 5.88 Å². The van der Waals surface area contributed by atoms with Crippen LogP contribution in [0.2, 0.25) is 0 Å². The summed E-state index contributed by atoms with van der Waals surface area (Å²) in [5.41, 5.74) is 0. The van der Waals surface area contributed by atoms with E-state index in [0.717, 1.165) is 12.8 Å². The Hall–Kier alpha value is -1.46. The number of rotatable bonds is 5. The molecule has 0 spiro atoms. The number of hydrogen-bond donors (Lipinski definition) is 1. The molecule has 1 heterocycles. The number of nitrogens with zero attached hydrogens (tertiary/aromatic N) is 2. The first-order valence-corrected chi connectivity index (χ1v) is 5.16. The molecule has 1 aliphatic carbocycles. The lowest BCUT2D eigenvalue weighted by molar-refractivity contribution is 0.0794. The van der Waals surface area contributed by atoms with Crippen LogP contribution in [-0.4, -0.2) is 30.0 Å². The molecule has 0 atom stereocenters. The third-order valence-corrected chi connectivity index (χ3v) is 2.28. The van der Waals surface area contributed by atoms with Crippen LogP contribution in [-0.2, 0) is 0 Å². The van der Waals surface area contributed by atoms with E-state index in [1.54, 1.807) is 7.05 Å². The molecule has 0 aliphatic heterocycles. The van der Waals surface area contributed by atoms with Crippen LogP contribution in [0.1, 0.15) is 24.6 Å². The molecule has 6 heteroatoms. The molecule has 1 N–H and O–H groups in total. The molecule has 1 fully saturated rings. The van der Waals surface area contributed by atoms with Crippen molar-refractivity contribution in [1.29, 1.82) is 0 Å². The molecular weight excluding hydrogens is 216 g/mol. The number of ether oxygens (including phenoxy) is 1. The molecule has 2 rings (SSSR count). The molecule has 16 heavy (non-hydrogen) atoms. The highest BCUT2D eigenvalue weighted by molar-refractivity contribution is 5.38. The zero-order valence-corrected chi connectivity index (χ0v) is 8.91. The van der Waals surface area contributed by atoms with Crippen LogP contribution in [0.5, 0.6) is 5.88 Å². The van der Waals surface area contributed by atoms with E-state index in [1.807, 2.05) is 0 Å². The van der Waals surface area contributed by atoms with Gasteiger partial charge in [-0.2, -0.15) is 4.98 Å². The first-order chi connectivity index (χ1) is 7.69. The van der Waals surface area contributed by atoms with Crippen molar-refractivity contribution < 1.29 is 13.5 Å². The van der Waals surface area contributed by atoms with Gasteiger partial charge in [0.2, 0.25) is 5.88 Å². The molecule has 0 amide bonds. The molecule has 0 bridgehead atoms. The average Bonchev–Trinajstić information content (AvgIpc) is 3.09. The minimum atomic E-state index is -2.49. The SMILES string of the molecule is CNc1cc(OCC(F)F)nc(C2CC2)n1. The van der Waals surface area contributed by atoms with Crippen molar-refractivity contribution in [3.05, 3.63) is 11.9 Å². The lowest BCUT2D eigenvalue weighted by Crippen LogP contribution is -2.09. The average molecular weight is 229 g/mol. The summed E-state index contributed by atoms with van der Waals surface area (Å²) in [5, 5.41) is 2.86. The smallest absolute Gasteiger partial charge is 0.272 e. The van der Waals surface area contributed by atoms with Crippen molar-refractivity contribution in [2.45, 2.75) is 25.2 Å². The fourth-order valence-electron chi connectivity index (χ4n) is 1.32. The van der Waals surface area contributed by atoms with Gasteiger partial charge in [-0.15, -0.1) is 0 Å². The van der Waals surface area contributed by atoms with Gasteiger partial charge in [-0.3, -0.25) is 0 Å². The van der Waals surface area contributed by atoms with Crippen LogP contribution >= 0.6 is 0 Å². The number of alkyl halides is 2. The molecule has 0 aromatic carbocycles. The lowest BCUT2D eigenvalue weighted by Gasteiger charge is -2.08. The van der Waals surface area contributed by atoms with Gasteiger partial charge in [-0.25, -0.2) is 13.8 Å². The number of hydrogen-bond acceptors (Lipinski definition) is 4. The highest BCUT2D eigenvalue weighted by Gasteiger charge is 2.27. The van der Waals surface area contributed by atoms with E-state index < -0.39 is 13.0 Å². The Balaban J connectivity index is 2.12. The molecule has 1 saturated carbocycles. The number of anilines is 1. The lowest BCUT2D eigenvalue weighted by atomic mass is 10.4. The topological polar surface area (TPSA) is 47.0 Å². The predicted octanol–water partition coefficient (Wildman–Crippen LogP) is 2.04. The van der Waals surface area contributed by atoms with Crippen LogP contribution in [0.3, 0.4) is 0 Å². The van der Waals surface area contributed by atoms with E-state index >= 15 is 0 Å². The second kappa shape index (κ2) is 4.59. The van der Waals surface area contributed by atoms with E-state index in [-0.39, 0.29) is 5.88 Å². The maximum atomic E-state index is 12.0. The Morgan fingerprint density at radius 3 is 2.81 bits per heavy atom. The van der Waals surface area contributed by atoms with Crippen LogP contribution in [0.4, 0.5) is 14.6 Å². The number of halogens is 2. The Morgan fingerprint density at radius 2 is 2.25 bits per heavy atom. The van der Waals surface area contributed by atoms with Crippen LogP contribution < -0.4 is 10.1 Å². The summed E-state index contributed by atoms with van der Waals surface area (Å²) < 4.78 is 28.9. The molecule has 88 valence electrons. The van der Waals surface area contributed by atoms with Crippen molar-refractivity contribution in [2.75, 3.05) is 19.0 Å². The first-order valence-electron chi connectivity index (χ1n) is 5.16. The molecule has 0 radical (unpaired) electrons. The second-order valence-electron chi connectivity index (χ2n) is 3.68. The Bertz CT molecular complexity index is 369. The second-order valence-corrected chi connectivity index (χ2v) is 3.68. The fourth-order valence-corrected chi connectivity index (χ4v) is 1.32. The number of aromatic nitrogens is 2. The maximum absolute atomic E-state index is 12.0. The van der Waals surface area contributed by atoms with Crippen LogP contribution in [0.25, 0.3) is 0 Å². The Morgan fingerprint density at radius 1 is 1.50 bits per heavy atom. The van der Waals surface area contributed by atoms with Crippen LogP contribution in [0.15, 0.2) is 6.07 Å². The molecular formula is C10H13F2N3O. The summed E-state index contributed by atoms with van der Waals surface area (Å²) in [4.78, 5) is 8.36. The standard InChI is InChI=1S/C10H13F2N3O/c1-13-8-4-9(16-5-7(11)12)15-10(14-8)6-2-3-6/h4,6-7H,2-3,5H2,1H3,(H,13,14,15). The van der Waals surface area contributed by atoms with E-state index in [9.17, 15) is 8.78 Å². The summed E-state index contributed by atoms with van der Waals surface area (Å²) >= 11 is 0. The quantitative estimate of drug-likeness (QED) is 0.839. The highest BCUT2D eigenvalue weighted by atomic mass is 19.3. The maximum Gasteiger partial charge on any atom is 0.272 e. The molecule has 1 aromatic heterocycles. The van der Waals surface area contributed by atoms with E-state index in [4.69, 9.17) is 4.74 Å². The summed E-state index contributed by atoms with van der Waals surface area (Å²) in [6.07, 6.45) is -0.375. The highest BCUT2D eigenvalue weighted by Crippen LogP contribution is 2.39. The third-order valence-electron chi connectivity index (χ3n) is 2.28. The molecule has 1 aromatic rings. The minimum absolute atomic E-state index is 0.210. The molecule has 4 nitrogen and oxygen atoms in total. The van der Waals surface area contributed by atoms with Gasteiger partial charge in [-0.05, 0) is 12.8 Å². The molecule has 1 aliphatic rings. The van der Waals surface area contributed by atoms with Gasteiger partial charge >= 0.3 is 0 Å². The van der Waals surface area contributed by atoms with Gasteiger partial charge in [0.15, 0.2) is 6.61 Å². The zero-order valence-electron chi connectivity index (χ0n) is 8.91. The van der Waals surface area contributed by atoms with Gasteiger partial charge in [0.25, 0.3) is 6.43 Å². The van der Waals surface area contributed by atoms with Crippen molar-refractivity contribution >= 4 is 5.82 Å². The van der Waals surface area contributed by atoms with Gasteiger partial charge < -0.3 is 10.1 Å². The van der Waals surface area contributed by atoms with Gasteiger partial charge in [-0.1, -0.05) is 0 Å². The van der Waals surface area contributed by atoms with E-state index in [2.05, 4.69) is 15.3 Å². The van der Waals surface area contributed by atoms with E-state index in [0.29, 0.717) is 17.6 Å². The molecule has 0 unspecified atom stereocenters. The van der Waals surface area contributed by atoms with Crippen LogP contribution in [0, 0.1) is 0 Å². The largest absolute Gasteiger partial charge is 0.471 e. The fraction of sp³-hybridized carbons (Fsp3) is 0.600. The van der Waals surface area contributed by atoms with Crippen molar-refractivity contribution in [2.24, 2.45) is 0 Å². The summed E-state index contributed by atoms with van der Waals surface area (Å²) in [5.74, 6) is 1.85. The summed E-state index contributed by atoms with van der Waals surface area (Å²) in [7, 11) is 1.72. The van der Waals surface area contributed by atoms with Gasteiger partial charge in [0.05, 0.1) is 0 Å². The number of nitrogens with one attached hydrogen (secondary N) is 1. The predicted molar refractivity (Wildman–Crippen MR) is 55.1 cm³/mol. The first kappa shape index (κ1) is 11.0. The third kappa shape index (κ3) is 2.77. The monoisotopic (exact) mass is 229 g/mol. The van der Waals surface area contributed by atoms with Crippen molar-refractivity contribution in [3.63, 3.8) is 0 Å². The summed E-state index contributed by atoms with van der Waals surface area (Å²) in [6.45, 7) is -0.635. The summed E-state index contributed by atoms with van der Waals surface area (Å²) in [6, 6.07) is 1.52. The zero-order chi connectivity index (χ0) is 11.5. The van der Waals surface area contributed by atoms with Crippen molar-refractivity contribution in [1.82, 2.24) is 9.97 Å². The Labute approximate surface area is 92.0 Å². The van der Waals surface area contributed by atoms with Gasteiger partial charge in [0.1, 0.15) is 11.6 Å². The van der Waals surface area contributed by atoms with Gasteiger partial charge in [0, 0.05) is 19.0 Å². The minimum Gasteiger partial charge on any atom is -0.471 e. The Kier molecular flexibility index (Phi) is 3.17. The molecule has 0 saturated heterocycles. The van der Waals surface area contributed by atoms with E-state index in [1.165, 1.54) is 6.07 Å².